The van der Waals surface area contributed by atoms with E-state index >= 15 is 0 Å². The van der Waals surface area contributed by atoms with E-state index in [4.69, 9.17) is 11.6 Å². The van der Waals surface area contributed by atoms with Crippen LogP contribution in [-0.4, -0.2) is 32.5 Å². The summed E-state index contributed by atoms with van der Waals surface area (Å²) in [4.78, 5) is 3.90. The lowest BCUT2D eigenvalue weighted by atomic mass is 9.96. The van der Waals surface area contributed by atoms with Gasteiger partial charge in [0.1, 0.15) is 4.90 Å². The van der Waals surface area contributed by atoms with Crippen LogP contribution in [0.2, 0.25) is 5.02 Å². The van der Waals surface area contributed by atoms with Gasteiger partial charge in [0.25, 0.3) is 0 Å². The van der Waals surface area contributed by atoms with Gasteiger partial charge in [-0.15, -0.1) is 0 Å². The second-order valence-corrected chi connectivity index (χ2v) is 6.69. The van der Waals surface area contributed by atoms with Gasteiger partial charge in [-0.1, -0.05) is 18.5 Å². The smallest absolute Gasteiger partial charge is 0.242 e. The highest BCUT2D eigenvalue weighted by molar-refractivity contribution is 7.89. The first-order chi connectivity index (χ1) is 8.49. The lowest BCUT2D eigenvalue weighted by molar-refractivity contribution is 0.327. The zero-order valence-electron chi connectivity index (χ0n) is 10.1. The SMILES string of the molecule is CC1CCNCC1NS(=O)(=O)c1cncc(Cl)c1. The minimum absolute atomic E-state index is 0.0947. The zero-order chi connectivity index (χ0) is 13.2. The molecule has 18 heavy (non-hydrogen) atoms. The van der Waals surface area contributed by atoms with Crippen molar-refractivity contribution in [2.24, 2.45) is 5.92 Å². The van der Waals surface area contributed by atoms with E-state index in [1.807, 2.05) is 6.92 Å². The molecule has 2 rings (SSSR count). The zero-order valence-corrected chi connectivity index (χ0v) is 11.6. The summed E-state index contributed by atoms with van der Waals surface area (Å²) < 4.78 is 27.0. The standard InChI is InChI=1S/C11H16ClN3O2S/c1-8-2-3-13-7-11(8)15-18(16,17)10-4-9(12)5-14-6-10/h4-6,8,11,13,15H,2-3,7H2,1H3. The molecule has 1 aromatic heterocycles. The van der Waals surface area contributed by atoms with Gasteiger partial charge in [0, 0.05) is 25.0 Å². The molecule has 0 amide bonds. The Labute approximate surface area is 112 Å². The summed E-state index contributed by atoms with van der Waals surface area (Å²) in [5.41, 5.74) is 0. The van der Waals surface area contributed by atoms with Crippen molar-refractivity contribution in [1.29, 1.82) is 0 Å². The van der Waals surface area contributed by atoms with Gasteiger partial charge in [0.05, 0.1) is 5.02 Å². The number of hydrogen-bond donors (Lipinski definition) is 2. The Morgan fingerprint density at radius 3 is 2.94 bits per heavy atom. The number of pyridine rings is 1. The summed E-state index contributed by atoms with van der Waals surface area (Å²) >= 11 is 5.76. The Balaban J connectivity index is 2.16. The number of rotatable bonds is 3. The lowest BCUT2D eigenvalue weighted by Crippen LogP contribution is -2.50. The van der Waals surface area contributed by atoms with Crippen LogP contribution in [0.4, 0.5) is 0 Å². The number of piperidine rings is 1. The predicted molar refractivity (Wildman–Crippen MR) is 70.0 cm³/mol. The molecule has 0 radical (unpaired) electrons. The molecule has 0 aromatic carbocycles. The Hall–Kier alpha value is -0.690. The first-order valence-electron chi connectivity index (χ1n) is 5.82. The largest absolute Gasteiger partial charge is 0.315 e. The molecular formula is C11H16ClN3O2S. The average Bonchev–Trinajstić information content (AvgIpc) is 2.32. The van der Waals surface area contributed by atoms with Gasteiger partial charge >= 0.3 is 0 Å². The van der Waals surface area contributed by atoms with E-state index in [1.54, 1.807) is 0 Å². The molecule has 0 aliphatic carbocycles. The van der Waals surface area contributed by atoms with Crippen molar-refractivity contribution in [1.82, 2.24) is 15.0 Å². The van der Waals surface area contributed by atoms with Crippen molar-refractivity contribution < 1.29 is 8.42 Å². The third-order valence-electron chi connectivity index (χ3n) is 3.12. The molecule has 0 spiro atoms. The minimum atomic E-state index is -3.55. The number of nitrogens with zero attached hydrogens (tertiary/aromatic N) is 1. The van der Waals surface area contributed by atoms with Crippen molar-refractivity contribution in [3.63, 3.8) is 0 Å². The minimum Gasteiger partial charge on any atom is -0.315 e. The highest BCUT2D eigenvalue weighted by Crippen LogP contribution is 2.17. The van der Waals surface area contributed by atoms with Crippen molar-refractivity contribution in [2.75, 3.05) is 13.1 Å². The molecule has 0 bridgehead atoms. The maximum absolute atomic E-state index is 12.2. The van der Waals surface area contributed by atoms with Crippen LogP contribution in [0.3, 0.4) is 0 Å². The van der Waals surface area contributed by atoms with Gasteiger partial charge in [0.2, 0.25) is 10.0 Å². The van der Waals surface area contributed by atoms with E-state index in [-0.39, 0.29) is 10.9 Å². The molecular weight excluding hydrogens is 274 g/mol. The summed E-state index contributed by atoms with van der Waals surface area (Å²) in [5, 5.41) is 3.49. The lowest BCUT2D eigenvalue weighted by Gasteiger charge is -2.29. The maximum Gasteiger partial charge on any atom is 0.242 e. The Bertz CT molecular complexity index is 521. The number of halogens is 1. The Morgan fingerprint density at radius 1 is 1.50 bits per heavy atom. The summed E-state index contributed by atoms with van der Waals surface area (Å²) in [6.45, 7) is 3.62. The van der Waals surface area contributed by atoms with Crippen molar-refractivity contribution in [3.05, 3.63) is 23.5 Å². The topological polar surface area (TPSA) is 71.1 Å². The third-order valence-corrected chi connectivity index (χ3v) is 4.79. The maximum atomic E-state index is 12.2. The molecule has 1 saturated heterocycles. The molecule has 1 aliphatic rings. The fourth-order valence-corrected chi connectivity index (χ4v) is 3.52. The van der Waals surface area contributed by atoms with Crippen LogP contribution in [0.25, 0.3) is 0 Å². The second kappa shape index (κ2) is 5.52. The molecule has 2 N–H and O–H groups in total. The van der Waals surface area contributed by atoms with Gasteiger partial charge in [-0.3, -0.25) is 4.98 Å². The molecule has 100 valence electrons. The molecule has 0 saturated carbocycles. The van der Waals surface area contributed by atoms with E-state index < -0.39 is 10.0 Å². The Morgan fingerprint density at radius 2 is 2.28 bits per heavy atom. The van der Waals surface area contributed by atoms with Gasteiger partial charge in [-0.2, -0.15) is 0 Å². The highest BCUT2D eigenvalue weighted by atomic mass is 35.5. The van der Waals surface area contributed by atoms with Gasteiger partial charge < -0.3 is 5.32 Å². The normalized spacial score (nSPS) is 25.0. The third kappa shape index (κ3) is 3.20. The number of hydrogen-bond acceptors (Lipinski definition) is 4. The quantitative estimate of drug-likeness (QED) is 0.871. The van der Waals surface area contributed by atoms with Crippen molar-refractivity contribution >= 4 is 21.6 Å². The van der Waals surface area contributed by atoms with Crippen molar-refractivity contribution in [3.8, 4) is 0 Å². The van der Waals surface area contributed by atoms with E-state index in [1.165, 1.54) is 18.5 Å². The molecule has 1 aliphatic heterocycles. The molecule has 1 aromatic rings. The van der Waals surface area contributed by atoms with Gasteiger partial charge in [0.15, 0.2) is 0 Å². The molecule has 1 fully saturated rings. The average molecular weight is 290 g/mol. The van der Waals surface area contributed by atoms with Crippen molar-refractivity contribution in [2.45, 2.75) is 24.3 Å². The summed E-state index contributed by atoms with van der Waals surface area (Å²) in [5.74, 6) is 0.313. The summed E-state index contributed by atoms with van der Waals surface area (Å²) in [7, 11) is -3.55. The fourth-order valence-electron chi connectivity index (χ4n) is 1.95. The van der Waals surface area contributed by atoms with Crippen LogP contribution in [-0.2, 0) is 10.0 Å². The van der Waals surface area contributed by atoms with Crippen LogP contribution < -0.4 is 10.0 Å². The molecule has 5 nitrogen and oxygen atoms in total. The highest BCUT2D eigenvalue weighted by Gasteiger charge is 2.26. The second-order valence-electron chi connectivity index (χ2n) is 4.54. The number of nitrogens with one attached hydrogen (secondary N) is 2. The van der Waals surface area contributed by atoms with E-state index in [9.17, 15) is 8.42 Å². The van der Waals surface area contributed by atoms with Gasteiger partial charge in [-0.05, 0) is 24.9 Å². The monoisotopic (exact) mass is 289 g/mol. The first-order valence-corrected chi connectivity index (χ1v) is 7.69. The van der Waals surface area contributed by atoms with E-state index in [2.05, 4.69) is 15.0 Å². The van der Waals surface area contributed by atoms with Crippen LogP contribution in [0.5, 0.6) is 0 Å². The molecule has 7 heteroatoms. The number of aromatic nitrogens is 1. The summed E-state index contributed by atoms with van der Waals surface area (Å²) in [6.07, 6.45) is 3.67. The Kier molecular flexibility index (Phi) is 4.21. The first kappa shape index (κ1) is 13.7. The summed E-state index contributed by atoms with van der Waals surface area (Å²) in [6, 6.07) is 1.31. The van der Waals surface area contributed by atoms with Crippen LogP contribution in [0.1, 0.15) is 13.3 Å². The van der Waals surface area contributed by atoms with E-state index in [0.717, 1.165) is 13.0 Å². The molecule has 2 atom stereocenters. The van der Waals surface area contributed by atoms with Crippen LogP contribution in [0.15, 0.2) is 23.4 Å². The number of sulfonamides is 1. The predicted octanol–water partition coefficient (Wildman–Crippen LogP) is 1.01. The molecule has 2 unspecified atom stereocenters. The molecule has 2 heterocycles. The van der Waals surface area contributed by atoms with Gasteiger partial charge in [-0.25, -0.2) is 13.1 Å². The van der Waals surface area contributed by atoms with Crippen LogP contribution >= 0.6 is 11.6 Å². The van der Waals surface area contributed by atoms with E-state index in [0.29, 0.717) is 17.5 Å². The van der Waals surface area contributed by atoms with Crippen LogP contribution in [0, 0.1) is 5.92 Å². The fraction of sp³-hybridized carbons (Fsp3) is 0.545.